The van der Waals surface area contributed by atoms with Crippen molar-refractivity contribution in [2.45, 2.75) is 12.5 Å². The van der Waals surface area contributed by atoms with E-state index in [0.717, 1.165) is 0 Å². The molecule has 0 saturated carbocycles. The number of rotatable bonds is 4. The summed E-state index contributed by atoms with van der Waals surface area (Å²) in [5, 5.41) is 8.06. The van der Waals surface area contributed by atoms with Gasteiger partial charge in [0, 0.05) is 2.85 Å². The first-order valence-corrected chi connectivity index (χ1v) is 2.99. The Morgan fingerprint density at radius 2 is 1.56 bits per heavy atom. The quantitative estimate of drug-likeness (QED) is 0.397. The average Bonchev–Trinajstić information content (AvgIpc) is 2.44. The summed E-state index contributed by atoms with van der Waals surface area (Å²) in [7, 11) is 13.0. The number of hydrogen-bond donors (Lipinski definition) is 2. The minimum absolute atomic E-state index is 0. The van der Waals surface area contributed by atoms with Crippen LogP contribution in [0.3, 0.4) is 0 Å². The van der Waals surface area contributed by atoms with Gasteiger partial charge in [0.1, 0.15) is 7.70 Å². The SMILES string of the molecule is [2HH].[2HH].[2H]N[C@H](C=O)CC(=O)O.[B]=O.[B]=O.[B]=O.[B]=O. The number of hydrogen-bond acceptors (Lipinski definition) is 7. The van der Waals surface area contributed by atoms with Crippen molar-refractivity contribution in [1.82, 2.24) is 0 Å². The minimum atomic E-state index is -1.09. The molecule has 0 aromatic heterocycles. The van der Waals surface area contributed by atoms with Gasteiger partial charge in [0.15, 0.2) is 0 Å². The van der Waals surface area contributed by atoms with Gasteiger partial charge in [-0.3, -0.25) is 4.79 Å². The number of aliphatic carboxylic acids is 1. The Labute approximate surface area is 100 Å². The monoisotopic (exact) mass is 232 g/mol. The van der Waals surface area contributed by atoms with Crippen LogP contribution in [0.5, 0.6) is 0 Å². The Morgan fingerprint density at radius 3 is 1.62 bits per heavy atom. The van der Waals surface area contributed by atoms with Crippen molar-refractivity contribution in [1.29, 1.82) is 0 Å². The molecule has 0 unspecified atom stereocenters. The zero-order valence-corrected chi connectivity index (χ0v) is 8.07. The van der Waals surface area contributed by atoms with Crippen molar-refractivity contribution in [3.8, 4) is 0 Å². The summed E-state index contributed by atoms with van der Waals surface area (Å²) >= 11 is 0. The third kappa shape index (κ3) is 80.7. The van der Waals surface area contributed by atoms with E-state index in [4.69, 9.17) is 25.3 Å². The van der Waals surface area contributed by atoms with Gasteiger partial charge in [-0.1, -0.05) is 0 Å². The van der Waals surface area contributed by atoms with Crippen molar-refractivity contribution in [2.75, 3.05) is 0 Å². The van der Waals surface area contributed by atoms with Gasteiger partial charge in [0.05, 0.1) is 12.5 Å². The Balaban J connectivity index is -0.0000000248. The normalized spacial score (nSPS) is 7.88. The van der Waals surface area contributed by atoms with Crippen molar-refractivity contribution in [3.63, 3.8) is 0 Å². The first-order valence-electron chi connectivity index (χ1n) is 3.49. The molecule has 0 aliphatic heterocycles. The molecule has 8 nitrogen and oxygen atoms in total. The molecule has 0 bridgehead atoms. The zero-order valence-electron chi connectivity index (χ0n) is 9.07. The van der Waals surface area contributed by atoms with Crippen LogP contribution in [0, 0.1) is 0 Å². The van der Waals surface area contributed by atoms with Crippen LogP contribution in [0.4, 0.5) is 0 Å². The first kappa shape index (κ1) is 24.0. The van der Waals surface area contributed by atoms with Crippen molar-refractivity contribution in [2.24, 2.45) is 5.73 Å². The molecular formula is C4H11B4NO7. The Hall–Kier alpha value is -1.44. The molecule has 1 atom stereocenters. The molecule has 12 heteroatoms. The predicted octanol–water partition coefficient (Wildman–Crippen LogP) is -2.52. The van der Waals surface area contributed by atoms with E-state index < -0.39 is 12.0 Å². The predicted molar refractivity (Wildman–Crippen MR) is 56.3 cm³/mol. The van der Waals surface area contributed by atoms with E-state index in [1.54, 1.807) is 5.73 Å². The number of aldehydes is 1. The molecular weight excluding hydrogens is 217 g/mol. The molecule has 0 aliphatic carbocycles. The Bertz CT molecular complexity index is 176. The molecule has 0 aromatic carbocycles. The molecule has 0 aromatic rings. The first-order chi connectivity index (χ1) is 8.20. The van der Waals surface area contributed by atoms with E-state index in [1.165, 1.54) is 0 Å². The third-order valence-corrected chi connectivity index (χ3v) is 0.559. The van der Waals surface area contributed by atoms with Crippen LogP contribution in [-0.4, -0.2) is 54.3 Å². The summed E-state index contributed by atoms with van der Waals surface area (Å²) in [6.07, 6.45) is 0.0497. The molecule has 0 rings (SSSR count). The maximum atomic E-state index is 9.85. The van der Waals surface area contributed by atoms with Gasteiger partial charge in [-0.2, -0.15) is 0 Å². The molecule has 16 heavy (non-hydrogen) atoms. The zero-order chi connectivity index (χ0) is 15.3. The fraction of sp³-hybridized carbons (Fsp3) is 0.500. The Kier molecular flexibility index (Phi) is 74.6. The van der Waals surface area contributed by atoms with Crippen LogP contribution in [0.1, 0.15) is 9.27 Å². The van der Waals surface area contributed by atoms with Gasteiger partial charge in [-0.25, -0.2) is 0 Å². The molecule has 3 N–H and O–H groups in total. The molecule has 0 heterocycles. The van der Waals surface area contributed by atoms with Crippen LogP contribution >= 0.6 is 0 Å². The topological polar surface area (TPSA) is 149 Å². The number of carbonyl (C=O) groups is 2. The number of carbonyl (C=O) groups excluding carboxylic acids is 1. The van der Waals surface area contributed by atoms with Crippen LogP contribution < -0.4 is 5.73 Å². The molecule has 86 valence electrons. The van der Waals surface area contributed by atoms with Gasteiger partial charge < -0.3 is 15.6 Å². The molecule has 0 aliphatic rings. The number of carboxylic acids is 1. The van der Waals surface area contributed by atoms with Crippen LogP contribution in [0.15, 0.2) is 0 Å². The van der Waals surface area contributed by atoms with Gasteiger partial charge in [-0.15, -0.1) is 0 Å². The van der Waals surface area contributed by atoms with Crippen LogP contribution in [-0.2, 0) is 28.4 Å². The van der Waals surface area contributed by atoms with E-state index in [-0.39, 0.29) is 9.27 Å². The second-order valence-corrected chi connectivity index (χ2v) is 1.34. The second kappa shape index (κ2) is 49.7. The van der Waals surface area contributed by atoms with E-state index >= 15 is 0 Å². The second-order valence-electron chi connectivity index (χ2n) is 1.34. The fourth-order valence-corrected chi connectivity index (χ4v) is 0.236. The van der Waals surface area contributed by atoms with Crippen molar-refractivity contribution in [3.05, 3.63) is 0 Å². The average molecular weight is 231 g/mol. The third-order valence-electron chi connectivity index (χ3n) is 0.559. The number of nitrogens with two attached hydrogens (primary N) is 1. The summed E-state index contributed by atoms with van der Waals surface area (Å²) in [5.41, 5.74) is 1.78. The maximum absolute atomic E-state index is 9.85. The van der Waals surface area contributed by atoms with E-state index in [2.05, 4.69) is 30.9 Å². The molecule has 0 spiro atoms. The van der Waals surface area contributed by atoms with Crippen LogP contribution in [0.25, 0.3) is 0 Å². The summed E-state index contributed by atoms with van der Waals surface area (Å²) in [6.45, 7) is 0. The Morgan fingerprint density at radius 1 is 1.25 bits per heavy atom. The molecule has 0 fully saturated rings. The summed E-state index contributed by atoms with van der Waals surface area (Å²) in [5.74, 6) is -1.09. The van der Waals surface area contributed by atoms with E-state index in [9.17, 15) is 9.59 Å². The van der Waals surface area contributed by atoms with Gasteiger partial charge in [0.25, 0.3) is 0 Å². The summed E-state index contributed by atoms with van der Waals surface area (Å²) in [4.78, 5) is 19.7. The van der Waals surface area contributed by atoms with Crippen molar-refractivity contribution < 1.29 is 37.8 Å². The van der Waals surface area contributed by atoms with Crippen LogP contribution in [0.2, 0.25) is 1.41 Å². The van der Waals surface area contributed by atoms with Crippen molar-refractivity contribution >= 4 is 43.1 Å². The van der Waals surface area contributed by atoms with Gasteiger partial charge in [0.2, 0.25) is 0 Å². The van der Waals surface area contributed by atoms with Gasteiger partial charge in [-0.05, 0) is 0 Å². The standard InChI is InChI=1S/C4H7NO3.4BO.2H2/c5-3(2-6)1-4(7)8;4*1-2;;/h2-3H,1,5H2,(H,7,8);;;;;2*1H/t3-;;;;;;/m0....../s1/i;;;;;2*1+1/hD. The molecule has 0 amide bonds. The summed E-state index contributed by atoms with van der Waals surface area (Å²) in [6, 6.07) is -0.887. The summed E-state index contributed by atoms with van der Waals surface area (Å²) < 4.78 is 37.4. The van der Waals surface area contributed by atoms with E-state index in [1.807, 2.05) is 0 Å². The van der Waals surface area contributed by atoms with Gasteiger partial charge >= 0.3 is 55.7 Å². The fourth-order valence-electron chi connectivity index (χ4n) is 0.236. The molecule has 4 radical (unpaired) electrons. The number of carboxylic acid groups (broad SMARTS) is 1. The van der Waals surface area contributed by atoms with E-state index in [0.29, 0.717) is 6.29 Å². The molecule has 0 saturated heterocycles.